The fourth-order valence-electron chi connectivity index (χ4n) is 7.68. The van der Waals surface area contributed by atoms with E-state index in [4.69, 9.17) is 9.47 Å². The van der Waals surface area contributed by atoms with Crippen LogP contribution < -0.4 is 0 Å². The third-order valence-electron chi connectivity index (χ3n) is 9.08. The highest BCUT2D eigenvalue weighted by molar-refractivity contribution is 9.10. The van der Waals surface area contributed by atoms with Gasteiger partial charge in [-0.25, -0.2) is 0 Å². The van der Waals surface area contributed by atoms with Gasteiger partial charge in [-0.3, -0.25) is 4.79 Å². The Hall–Kier alpha value is 0.0700. The van der Waals surface area contributed by atoms with Crippen LogP contribution in [0.25, 0.3) is 0 Å². The van der Waals surface area contributed by atoms with E-state index in [0.717, 1.165) is 44.8 Å². The Morgan fingerprint density at radius 2 is 1.76 bits per heavy atom. The minimum atomic E-state index is -0.347. The van der Waals surface area contributed by atoms with Crippen molar-refractivity contribution >= 4 is 21.7 Å². The molecule has 4 aliphatic carbocycles. The normalized spacial score (nSPS) is 54.2. The molecule has 5 aliphatic rings. The maximum Gasteiger partial charge on any atom is 0.168 e. The molecule has 4 unspecified atom stereocenters. The molecule has 0 amide bonds. The Balaban J connectivity index is 1.52. The molecule has 0 aromatic rings. The average molecular weight is 411 g/mol. The number of hydrogen-bond donors (Lipinski definition) is 0. The van der Waals surface area contributed by atoms with Crippen LogP contribution in [0.1, 0.15) is 71.6 Å². The molecule has 5 fully saturated rings. The number of halogens is 1. The third kappa shape index (κ3) is 2.08. The van der Waals surface area contributed by atoms with Crippen LogP contribution in [0.15, 0.2) is 0 Å². The van der Waals surface area contributed by atoms with E-state index in [1.165, 1.54) is 32.1 Å². The molecule has 25 heavy (non-hydrogen) atoms. The minimum Gasteiger partial charge on any atom is -0.348 e. The molecule has 4 heteroatoms. The monoisotopic (exact) mass is 410 g/mol. The number of ether oxygens (including phenoxy) is 2. The van der Waals surface area contributed by atoms with Gasteiger partial charge in [-0.2, -0.15) is 0 Å². The zero-order valence-corrected chi connectivity index (χ0v) is 17.2. The van der Waals surface area contributed by atoms with Gasteiger partial charge in [-0.05, 0) is 60.7 Å². The molecular formula is C21H31BrO3. The van der Waals surface area contributed by atoms with Gasteiger partial charge in [0, 0.05) is 19.3 Å². The van der Waals surface area contributed by atoms with Crippen molar-refractivity contribution in [1.82, 2.24) is 0 Å². The van der Waals surface area contributed by atoms with Gasteiger partial charge in [0.15, 0.2) is 11.6 Å². The summed E-state index contributed by atoms with van der Waals surface area (Å²) in [5, 5.41) is 0. The lowest BCUT2D eigenvalue weighted by atomic mass is 9.44. The highest BCUT2D eigenvalue weighted by atomic mass is 79.9. The minimum absolute atomic E-state index is 0.0392. The molecule has 1 spiro atoms. The Morgan fingerprint density at radius 3 is 2.52 bits per heavy atom. The van der Waals surface area contributed by atoms with E-state index in [0.29, 0.717) is 17.6 Å². The predicted molar refractivity (Wildman–Crippen MR) is 99.5 cm³/mol. The summed E-state index contributed by atoms with van der Waals surface area (Å²) in [6.45, 7) is 6.24. The second-order valence-corrected chi connectivity index (χ2v) is 11.3. The fraction of sp³-hybridized carbons (Fsp3) is 0.952. The zero-order valence-electron chi connectivity index (χ0n) is 15.6. The SMILES string of the molecule is CC12CCCC1C1CC[C@H]3CC4(CCC3(C)[C@@]1(Br)C(=O)C2)OCCO4. The second-order valence-electron chi connectivity index (χ2n) is 10.1. The van der Waals surface area contributed by atoms with Crippen LogP contribution in [0.4, 0.5) is 0 Å². The van der Waals surface area contributed by atoms with Gasteiger partial charge in [-0.15, -0.1) is 0 Å². The lowest BCUT2D eigenvalue weighted by Gasteiger charge is -2.64. The van der Waals surface area contributed by atoms with Crippen molar-refractivity contribution in [3.8, 4) is 0 Å². The maximum atomic E-state index is 13.6. The van der Waals surface area contributed by atoms with E-state index >= 15 is 0 Å². The molecule has 0 aromatic carbocycles. The van der Waals surface area contributed by atoms with Crippen LogP contribution in [0.2, 0.25) is 0 Å². The largest absolute Gasteiger partial charge is 0.348 e. The predicted octanol–water partition coefficient (Wildman–Crippen LogP) is 4.86. The van der Waals surface area contributed by atoms with E-state index < -0.39 is 0 Å². The van der Waals surface area contributed by atoms with Gasteiger partial charge < -0.3 is 9.47 Å². The summed E-state index contributed by atoms with van der Waals surface area (Å²) in [6, 6.07) is 0. The quantitative estimate of drug-likeness (QED) is 0.534. The molecule has 6 atom stereocenters. The average Bonchev–Trinajstić information content (AvgIpc) is 3.17. The van der Waals surface area contributed by atoms with Gasteiger partial charge in [-0.1, -0.05) is 36.2 Å². The van der Waals surface area contributed by atoms with E-state index in [9.17, 15) is 4.79 Å². The molecule has 3 nitrogen and oxygen atoms in total. The van der Waals surface area contributed by atoms with Gasteiger partial charge in [0.1, 0.15) is 0 Å². The summed E-state index contributed by atoms with van der Waals surface area (Å²) in [7, 11) is 0. The molecule has 0 aromatic heterocycles. The standard InChI is InChI=1S/C21H31BrO3/c1-18-7-3-4-15(18)16-6-5-14-12-20(24-10-11-25-20)9-8-19(14,2)21(16,22)17(23)13-18/h14-16H,3-13H2,1-2H3/t14-,15?,16?,18?,19?,21-/m0/s1. The molecule has 1 saturated heterocycles. The highest BCUT2D eigenvalue weighted by Crippen LogP contribution is 2.70. The summed E-state index contributed by atoms with van der Waals surface area (Å²) in [4.78, 5) is 13.6. The van der Waals surface area contributed by atoms with Crippen LogP contribution in [0.3, 0.4) is 0 Å². The Labute approximate surface area is 159 Å². The van der Waals surface area contributed by atoms with Crippen molar-refractivity contribution in [3.05, 3.63) is 0 Å². The molecule has 0 radical (unpaired) electrons. The van der Waals surface area contributed by atoms with Crippen molar-refractivity contribution in [2.45, 2.75) is 81.7 Å². The number of Topliss-reactive ketones (excluding diaryl/α,β-unsaturated/α-hetero) is 1. The highest BCUT2D eigenvalue weighted by Gasteiger charge is 2.70. The van der Waals surface area contributed by atoms with E-state index in [1.807, 2.05) is 0 Å². The molecule has 1 aliphatic heterocycles. The first-order valence-corrected chi connectivity index (χ1v) is 11.1. The number of alkyl halides is 1. The van der Waals surface area contributed by atoms with Crippen molar-refractivity contribution in [2.24, 2.45) is 28.6 Å². The van der Waals surface area contributed by atoms with Crippen molar-refractivity contribution in [1.29, 1.82) is 0 Å². The zero-order chi connectivity index (χ0) is 17.5. The van der Waals surface area contributed by atoms with Crippen LogP contribution >= 0.6 is 15.9 Å². The van der Waals surface area contributed by atoms with Crippen LogP contribution in [0.5, 0.6) is 0 Å². The maximum absolute atomic E-state index is 13.6. The van der Waals surface area contributed by atoms with Crippen LogP contribution in [-0.4, -0.2) is 29.1 Å². The number of carbonyl (C=O) groups is 1. The summed E-state index contributed by atoms with van der Waals surface area (Å²) in [6.07, 6.45) is 10.0. The van der Waals surface area contributed by atoms with Crippen molar-refractivity contribution in [2.75, 3.05) is 13.2 Å². The number of ketones is 1. The van der Waals surface area contributed by atoms with Gasteiger partial charge in [0.05, 0.1) is 17.5 Å². The fourth-order valence-corrected chi connectivity index (χ4v) is 8.89. The van der Waals surface area contributed by atoms with Crippen molar-refractivity contribution < 1.29 is 14.3 Å². The summed E-state index contributed by atoms with van der Waals surface area (Å²) in [5.41, 5.74) is 0.299. The molecular weight excluding hydrogens is 380 g/mol. The van der Waals surface area contributed by atoms with Gasteiger partial charge >= 0.3 is 0 Å². The molecule has 4 saturated carbocycles. The van der Waals surface area contributed by atoms with Crippen LogP contribution in [-0.2, 0) is 14.3 Å². The second kappa shape index (κ2) is 5.32. The number of hydrogen-bond acceptors (Lipinski definition) is 3. The first kappa shape index (κ1) is 17.2. The Bertz CT molecular complexity index is 600. The van der Waals surface area contributed by atoms with Gasteiger partial charge in [0.2, 0.25) is 0 Å². The lowest BCUT2D eigenvalue weighted by molar-refractivity contribution is -0.221. The Kier molecular flexibility index (Phi) is 3.66. The van der Waals surface area contributed by atoms with E-state index in [-0.39, 0.29) is 20.9 Å². The van der Waals surface area contributed by atoms with Crippen LogP contribution in [0, 0.1) is 28.6 Å². The first-order chi connectivity index (χ1) is 11.8. The number of rotatable bonds is 0. The number of carbonyl (C=O) groups excluding carboxylic acids is 1. The molecule has 0 bridgehead atoms. The first-order valence-electron chi connectivity index (χ1n) is 10.3. The summed E-state index contributed by atoms with van der Waals surface area (Å²) >= 11 is 4.16. The van der Waals surface area contributed by atoms with E-state index in [2.05, 4.69) is 29.8 Å². The number of fused-ring (bicyclic) bond motifs is 5. The third-order valence-corrected chi connectivity index (χ3v) is 11.0. The summed E-state index contributed by atoms with van der Waals surface area (Å²) in [5.74, 6) is 1.90. The lowest BCUT2D eigenvalue weighted by Crippen LogP contribution is -2.67. The Morgan fingerprint density at radius 1 is 1.00 bits per heavy atom. The molecule has 5 rings (SSSR count). The molecule has 140 valence electrons. The topological polar surface area (TPSA) is 35.5 Å². The smallest absolute Gasteiger partial charge is 0.168 e. The molecule has 0 N–H and O–H groups in total. The van der Waals surface area contributed by atoms with Gasteiger partial charge in [0.25, 0.3) is 0 Å². The summed E-state index contributed by atoms with van der Waals surface area (Å²) < 4.78 is 11.7. The molecule has 1 heterocycles. The van der Waals surface area contributed by atoms with E-state index in [1.54, 1.807) is 0 Å². The van der Waals surface area contributed by atoms with Crippen molar-refractivity contribution in [3.63, 3.8) is 0 Å².